The number of ether oxygens (including phenoxy) is 1. The highest BCUT2D eigenvalue weighted by Crippen LogP contribution is 2.32. The van der Waals surface area contributed by atoms with E-state index in [0.29, 0.717) is 17.0 Å². The second kappa shape index (κ2) is 7.11. The zero-order valence-electron chi connectivity index (χ0n) is 14.0. The van der Waals surface area contributed by atoms with Gasteiger partial charge in [0, 0.05) is 6.07 Å². The SMILES string of the molecule is COc1cc(N=Nc2cc(S(=O)(=O)O)ccc2S(=O)(=O)O)c(C)cc1C. The van der Waals surface area contributed by atoms with Gasteiger partial charge in [-0.25, -0.2) is 0 Å². The molecule has 0 aliphatic rings. The Labute approximate surface area is 150 Å². The number of aryl methyl sites for hydroxylation is 2. The Balaban J connectivity index is 2.63. The molecule has 9 nitrogen and oxygen atoms in total. The standard InChI is InChI=1S/C15H16N2O7S2/c1-9-6-10(2)14(24-3)8-12(9)16-17-13-7-11(25(18,19)20)4-5-15(13)26(21,22)23/h4-8H,1-3H3,(H,18,19,20)(H,21,22,23). The zero-order valence-corrected chi connectivity index (χ0v) is 15.7. The van der Waals surface area contributed by atoms with Crippen LogP contribution < -0.4 is 4.74 Å². The Morgan fingerprint density at radius 2 is 1.46 bits per heavy atom. The summed E-state index contributed by atoms with van der Waals surface area (Å²) in [6.45, 7) is 3.58. The van der Waals surface area contributed by atoms with Crippen LogP contribution in [0.4, 0.5) is 11.4 Å². The predicted molar refractivity (Wildman–Crippen MR) is 92.7 cm³/mol. The second-order valence-corrected chi connectivity index (χ2v) is 8.20. The largest absolute Gasteiger partial charge is 0.496 e. The molecule has 0 heterocycles. The molecule has 2 aromatic carbocycles. The highest BCUT2D eigenvalue weighted by atomic mass is 32.2. The van der Waals surface area contributed by atoms with Gasteiger partial charge in [0.2, 0.25) is 0 Å². The maximum atomic E-state index is 11.5. The van der Waals surface area contributed by atoms with Crippen molar-refractivity contribution in [1.29, 1.82) is 0 Å². The highest BCUT2D eigenvalue weighted by Gasteiger charge is 2.20. The molecule has 0 saturated carbocycles. The first-order chi connectivity index (χ1) is 11.9. The molecule has 11 heteroatoms. The van der Waals surface area contributed by atoms with Crippen molar-refractivity contribution in [2.45, 2.75) is 23.6 Å². The van der Waals surface area contributed by atoms with E-state index in [0.717, 1.165) is 23.8 Å². The Kier molecular flexibility index (Phi) is 5.47. The van der Waals surface area contributed by atoms with E-state index in [1.807, 2.05) is 6.92 Å². The van der Waals surface area contributed by atoms with E-state index >= 15 is 0 Å². The lowest BCUT2D eigenvalue weighted by atomic mass is 10.1. The van der Waals surface area contributed by atoms with Gasteiger partial charge in [-0.05, 0) is 43.2 Å². The molecule has 2 N–H and O–H groups in total. The normalized spacial score (nSPS) is 12.5. The van der Waals surface area contributed by atoms with E-state index in [2.05, 4.69) is 10.2 Å². The van der Waals surface area contributed by atoms with Crippen LogP contribution in [0.5, 0.6) is 5.75 Å². The second-order valence-electron chi connectivity index (χ2n) is 5.39. The maximum absolute atomic E-state index is 11.5. The quantitative estimate of drug-likeness (QED) is 0.579. The third-order valence-corrected chi connectivity index (χ3v) is 5.24. The summed E-state index contributed by atoms with van der Waals surface area (Å²) in [5.74, 6) is 0.534. The van der Waals surface area contributed by atoms with E-state index < -0.39 is 35.7 Å². The first-order valence-electron chi connectivity index (χ1n) is 7.09. The van der Waals surface area contributed by atoms with Crippen LogP contribution in [-0.2, 0) is 20.2 Å². The molecule has 0 amide bonds. The molecule has 0 saturated heterocycles. The van der Waals surface area contributed by atoms with Gasteiger partial charge in [0.1, 0.15) is 16.3 Å². The van der Waals surface area contributed by atoms with E-state index in [1.54, 1.807) is 19.1 Å². The fraction of sp³-hybridized carbons (Fsp3) is 0.200. The molecular weight excluding hydrogens is 384 g/mol. The van der Waals surface area contributed by atoms with Crippen molar-refractivity contribution in [2.75, 3.05) is 7.11 Å². The molecule has 0 aliphatic heterocycles. The van der Waals surface area contributed by atoms with Crippen molar-refractivity contribution in [3.63, 3.8) is 0 Å². The number of methoxy groups -OCH3 is 1. The number of azo groups is 1. The molecule has 0 aromatic heterocycles. The van der Waals surface area contributed by atoms with E-state index in [-0.39, 0.29) is 0 Å². The molecule has 140 valence electrons. The van der Waals surface area contributed by atoms with E-state index in [1.165, 1.54) is 7.11 Å². The smallest absolute Gasteiger partial charge is 0.296 e. The average Bonchev–Trinajstić information content (AvgIpc) is 2.52. The van der Waals surface area contributed by atoms with Gasteiger partial charge in [0.05, 0.1) is 17.7 Å². The van der Waals surface area contributed by atoms with Crippen molar-refractivity contribution in [3.8, 4) is 5.75 Å². The van der Waals surface area contributed by atoms with Crippen LogP contribution in [0.3, 0.4) is 0 Å². The highest BCUT2D eigenvalue weighted by molar-refractivity contribution is 7.86. The van der Waals surface area contributed by atoms with Crippen molar-refractivity contribution >= 4 is 31.6 Å². The Morgan fingerprint density at radius 1 is 0.846 bits per heavy atom. The lowest BCUT2D eigenvalue weighted by molar-refractivity contribution is 0.411. The van der Waals surface area contributed by atoms with Crippen LogP contribution in [0.25, 0.3) is 0 Å². The molecule has 0 unspecified atom stereocenters. The first-order valence-corrected chi connectivity index (χ1v) is 9.97. The van der Waals surface area contributed by atoms with Gasteiger partial charge in [-0.3, -0.25) is 9.11 Å². The minimum atomic E-state index is -4.68. The molecule has 2 aromatic rings. The van der Waals surface area contributed by atoms with Crippen molar-refractivity contribution in [1.82, 2.24) is 0 Å². The molecule has 0 radical (unpaired) electrons. The number of benzene rings is 2. The molecular formula is C15H16N2O7S2. The summed E-state index contributed by atoms with van der Waals surface area (Å²) in [5.41, 5.74) is 1.48. The van der Waals surface area contributed by atoms with Crippen LogP contribution in [0.2, 0.25) is 0 Å². The molecule has 2 rings (SSSR count). The van der Waals surface area contributed by atoms with Crippen LogP contribution in [0.1, 0.15) is 11.1 Å². The van der Waals surface area contributed by atoms with Gasteiger partial charge in [-0.15, -0.1) is 5.11 Å². The third kappa shape index (κ3) is 4.43. The minimum absolute atomic E-state index is 0.353. The summed E-state index contributed by atoms with van der Waals surface area (Å²) in [6, 6.07) is 5.80. The Morgan fingerprint density at radius 3 is 2.00 bits per heavy atom. The first kappa shape index (κ1) is 20.0. The monoisotopic (exact) mass is 400 g/mol. The minimum Gasteiger partial charge on any atom is -0.496 e. The fourth-order valence-corrected chi connectivity index (χ4v) is 3.32. The molecule has 0 spiro atoms. The van der Waals surface area contributed by atoms with E-state index in [9.17, 15) is 21.4 Å². The number of rotatable bonds is 5. The van der Waals surface area contributed by atoms with Crippen LogP contribution in [-0.4, -0.2) is 33.1 Å². The van der Waals surface area contributed by atoms with Gasteiger partial charge >= 0.3 is 0 Å². The molecule has 26 heavy (non-hydrogen) atoms. The topological polar surface area (TPSA) is 143 Å². The molecule has 0 fully saturated rings. The lowest BCUT2D eigenvalue weighted by Crippen LogP contribution is -2.02. The van der Waals surface area contributed by atoms with Crippen molar-refractivity contribution in [2.24, 2.45) is 10.2 Å². The van der Waals surface area contributed by atoms with Gasteiger partial charge in [-0.2, -0.15) is 21.9 Å². The zero-order chi connectivity index (χ0) is 19.7. The fourth-order valence-electron chi connectivity index (χ4n) is 2.21. The average molecular weight is 400 g/mol. The summed E-state index contributed by atoms with van der Waals surface area (Å²) in [5, 5.41) is 7.65. The summed E-state index contributed by atoms with van der Waals surface area (Å²) < 4.78 is 69.0. The summed E-state index contributed by atoms with van der Waals surface area (Å²) in [7, 11) is -7.80. The number of nitrogens with zero attached hydrogens (tertiary/aromatic N) is 2. The van der Waals surface area contributed by atoms with Gasteiger partial charge in [0.25, 0.3) is 20.2 Å². The van der Waals surface area contributed by atoms with Gasteiger partial charge in [-0.1, -0.05) is 6.07 Å². The molecule has 0 atom stereocenters. The van der Waals surface area contributed by atoms with Gasteiger partial charge < -0.3 is 4.74 Å². The maximum Gasteiger partial charge on any atom is 0.296 e. The van der Waals surface area contributed by atoms with Crippen LogP contribution in [0, 0.1) is 13.8 Å². The third-order valence-electron chi connectivity index (χ3n) is 3.49. The van der Waals surface area contributed by atoms with Gasteiger partial charge in [0.15, 0.2) is 0 Å². The van der Waals surface area contributed by atoms with Crippen LogP contribution >= 0.6 is 0 Å². The number of hydrogen-bond acceptors (Lipinski definition) is 7. The summed E-state index contributed by atoms with van der Waals surface area (Å²) in [6.07, 6.45) is 0. The number of hydrogen-bond donors (Lipinski definition) is 2. The molecule has 0 aliphatic carbocycles. The van der Waals surface area contributed by atoms with Crippen molar-refractivity contribution < 1.29 is 30.7 Å². The van der Waals surface area contributed by atoms with Crippen LogP contribution in [0.15, 0.2) is 50.4 Å². The van der Waals surface area contributed by atoms with Crippen molar-refractivity contribution in [3.05, 3.63) is 41.5 Å². The Hall–Kier alpha value is -2.34. The summed E-state index contributed by atoms with van der Waals surface area (Å²) >= 11 is 0. The van der Waals surface area contributed by atoms with E-state index in [4.69, 9.17) is 9.29 Å². The Bertz CT molecular complexity index is 1090. The predicted octanol–water partition coefficient (Wildman–Crippen LogP) is 3.22. The molecule has 0 bridgehead atoms. The lowest BCUT2D eigenvalue weighted by Gasteiger charge is -2.08. The summed E-state index contributed by atoms with van der Waals surface area (Å²) in [4.78, 5) is -1.23.